The number of ketones is 1. The van der Waals surface area contributed by atoms with Gasteiger partial charge in [-0.3, -0.25) is 4.79 Å². The first kappa shape index (κ1) is 14.2. The Bertz CT molecular complexity index is 282. The summed E-state index contributed by atoms with van der Waals surface area (Å²) in [6.07, 6.45) is -2.00. The van der Waals surface area contributed by atoms with Gasteiger partial charge in [-0.25, -0.2) is 9.59 Å². The molecule has 0 saturated heterocycles. The summed E-state index contributed by atoms with van der Waals surface area (Å²) in [5.74, 6) is -0.451. The molecule has 0 aromatic heterocycles. The molecular formula is C9H16N2O5. The number of Topliss-reactive ketones (excluding diaryl/α,β-unsaturated/α-hetero) is 1. The summed E-state index contributed by atoms with van der Waals surface area (Å²) >= 11 is 0. The molecule has 0 fully saturated rings. The predicted octanol–water partition coefficient (Wildman–Crippen LogP) is 0.348. The predicted molar refractivity (Wildman–Crippen MR) is 55.3 cm³/mol. The maximum Gasteiger partial charge on any atom is 0.408 e. The van der Waals surface area contributed by atoms with Crippen LogP contribution in [0.25, 0.3) is 0 Å². The van der Waals surface area contributed by atoms with Crippen molar-refractivity contribution in [2.45, 2.75) is 26.4 Å². The molecule has 0 bridgehead atoms. The molecule has 0 aliphatic carbocycles. The van der Waals surface area contributed by atoms with Gasteiger partial charge in [0.2, 0.25) is 0 Å². The Kier molecular flexibility index (Phi) is 5.27. The number of rotatable bonds is 4. The Labute approximate surface area is 93.2 Å². The first-order valence-electron chi connectivity index (χ1n) is 4.66. The third-order valence-electron chi connectivity index (χ3n) is 1.27. The number of carbonyl (C=O) groups is 3. The van der Waals surface area contributed by atoms with Crippen molar-refractivity contribution in [3.05, 3.63) is 0 Å². The molecule has 0 atom stereocenters. The summed E-state index contributed by atoms with van der Waals surface area (Å²) in [5, 5.41) is 12.3. The SMILES string of the molecule is CC(C)(C)OC(=O)NCC(=O)CNC(=O)O. The second-order valence-electron chi connectivity index (χ2n) is 4.05. The van der Waals surface area contributed by atoms with Crippen LogP contribution < -0.4 is 10.6 Å². The Morgan fingerprint density at radius 2 is 1.62 bits per heavy atom. The molecule has 92 valence electrons. The summed E-state index contributed by atoms with van der Waals surface area (Å²) in [6.45, 7) is 4.47. The van der Waals surface area contributed by atoms with Crippen molar-refractivity contribution < 1.29 is 24.2 Å². The Hall–Kier alpha value is -1.79. The van der Waals surface area contributed by atoms with Crippen molar-refractivity contribution in [2.24, 2.45) is 0 Å². The van der Waals surface area contributed by atoms with Gasteiger partial charge in [-0.05, 0) is 20.8 Å². The molecule has 2 amide bonds. The topological polar surface area (TPSA) is 105 Å². The fraction of sp³-hybridized carbons (Fsp3) is 0.667. The number of amides is 2. The molecule has 0 heterocycles. The van der Waals surface area contributed by atoms with Gasteiger partial charge in [0.15, 0.2) is 5.78 Å². The number of carboxylic acid groups (broad SMARTS) is 1. The highest BCUT2D eigenvalue weighted by Gasteiger charge is 2.16. The van der Waals surface area contributed by atoms with Crippen LogP contribution in [0.2, 0.25) is 0 Å². The van der Waals surface area contributed by atoms with E-state index < -0.39 is 23.6 Å². The lowest BCUT2D eigenvalue weighted by Crippen LogP contribution is -2.39. The zero-order chi connectivity index (χ0) is 12.8. The van der Waals surface area contributed by atoms with E-state index in [4.69, 9.17) is 9.84 Å². The van der Waals surface area contributed by atoms with E-state index in [2.05, 4.69) is 5.32 Å². The molecule has 7 nitrogen and oxygen atoms in total. The molecule has 0 spiro atoms. The van der Waals surface area contributed by atoms with E-state index in [1.165, 1.54) is 0 Å². The molecule has 0 aromatic carbocycles. The highest BCUT2D eigenvalue weighted by Crippen LogP contribution is 2.05. The van der Waals surface area contributed by atoms with Gasteiger partial charge in [0.1, 0.15) is 5.60 Å². The summed E-state index contributed by atoms with van der Waals surface area (Å²) in [4.78, 5) is 32.2. The van der Waals surface area contributed by atoms with E-state index in [9.17, 15) is 14.4 Å². The number of hydrogen-bond acceptors (Lipinski definition) is 4. The summed E-state index contributed by atoms with van der Waals surface area (Å²) in [7, 11) is 0. The molecule has 0 radical (unpaired) electrons. The second-order valence-corrected chi connectivity index (χ2v) is 4.05. The van der Waals surface area contributed by atoms with Gasteiger partial charge in [-0.15, -0.1) is 0 Å². The number of alkyl carbamates (subject to hydrolysis) is 1. The van der Waals surface area contributed by atoms with E-state index in [0.717, 1.165) is 0 Å². The molecule has 0 unspecified atom stereocenters. The minimum Gasteiger partial charge on any atom is -0.465 e. The van der Waals surface area contributed by atoms with E-state index in [1.807, 2.05) is 5.32 Å². The van der Waals surface area contributed by atoms with E-state index in [0.29, 0.717) is 0 Å². The van der Waals surface area contributed by atoms with Crippen LogP contribution in [0, 0.1) is 0 Å². The molecule has 0 aromatic rings. The van der Waals surface area contributed by atoms with Crippen LogP contribution in [0.3, 0.4) is 0 Å². The van der Waals surface area contributed by atoms with Gasteiger partial charge in [0.05, 0.1) is 13.1 Å². The normalized spacial score (nSPS) is 10.4. The zero-order valence-corrected chi connectivity index (χ0v) is 9.49. The minimum atomic E-state index is -1.29. The molecule has 0 aliphatic heterocycles. The van der Waals surface area contributed by atoms with Gasteiger partial charge in [0, 0.05) is 0 Å². The van der Waals surface area contributed by atoms with E-state index >= 15 is 0 Å². The molecule has 0 saturated carbocycles. The van der Waals surface area contributed by atoms with Crippen molar-refractivity contribution in [1.82, 2.24) is 10.6 Å². The first-order chi connectivity index (χ1) is 7.20. The second kappa shape index (κ2) is 5.94. The van der Waals surface area contributed by atoms with Crippen molar-refractivity contribution in [3.8, 4) is 0 Å². The highest BCUT2D eigenvalue weighted by molar-refractivity contribution is 5.87. The molecule has 7 heteroatoms. The molecule has 0 aliphatic rings. The van der Waals surface area contributed by atoms with Gasteiger partial charge >= 0.3 is 12.2 Å². The molecular weight excluding hydrogens is 216 g/mol. The van der Waals surface area contributed by atoms with Gasteiger partial charge in [0.25, 0.3) is 0 Å². The lowest BCUT2D eigenvalue weighted by molar-refractivity contribution is -0.117. The molecule has 3 N–H and O–H groups in total. The molecule has 0 rings (SSSR count). The van der Waals surface area contributed by atoms with Gasteiger partial charge < -0.3 is 20.5 Å². The number of hydrogen-bond donors (Lipinski definition) is 3. The third kappa shape index (κ3) is 8.79. The van der Waals surface area contributed by atoms with Crippen molar-refractivity contribution in [1.29, 1.82) is 0 Å². The summed E-state index contributed by atoms with van der Waals surface area (Å²) in [6, 6.07) is 0. The minimum absolute atomic E-state index is 0.269. The monoisotopic (exact) mass is 232 g/mol. The van der Waals surface area contributed by atoms with Crippen LogP contribution >= 0.6 is 0 Å². The third-order valence-corrected chi connectivity index (χ3v) is 1.27. The quantitative estimate of drug-likeness (QED) is 0.648. The average molecular weight is 232 g/mol. The summed E-state index contributed by atoms with van der Waals surface area (Å²) in [5.41, 5.74) is -0.632. The standard InChI is InChI=1S/C9H16N2O5/c1-9(2,3)16-8(15)11-5-6(12)4-10-7(13)14/h10H,4-5H2,1-3H3,(H,11,15)(H,13,14). The number of nitrogens with one attached hydrogen (secondary N) is 2. The van der Waals surface area contributed by atoms with Crippen LogP contribution in [-0.4, -0.2) is 41.8 Å². The Morgan fingerprint density at radius 3 is 2.06 bits per heavy atom. The number of carbonyl (C=O) groups excluding carboxylic acids is 2. The van der Waals surface area contributed by atoms with Crippen molar-refractivity contribution in [2.75, 3.05) is 13.1 Å². The smallest absolute Gasteiger partial charge is 0.408 e. The lowest BCUT2D eigenvalue weighted by Gasteiger charge is -2.19. The van der Waals surface area contributed by atoms with Crippen LogP contribution in [-0.2, 0) is 9.53 Å². The maximum atomic E-state index is 11.1. The zero-order valence-electron chi connectivity index (χ0n) is 9.49. The van der Waals surface area contributed by atoms with Gasteiger partial charge in [-0.2, -0.15) is 0 Å². The number of ether oxygens (including phenoxy) is 1. The maximum absolute atomic E-state index is 11.1. The van der Waals surface area contributed by atoms with E-state index in [-0.39, 0.29) is 13.1 Å². The van der Waals surface area contributed by atoms with E-state index in [1.54, 1.807) is 20.8 Å². The van der Waals surface area contributed by atoms with Crippen molar-refractivity contribution in [3.63, 3.8) is 0 Å². The average Bonchev–Trinajstić information content (AvgIpc) is 2.08. The first-order valence-corrected chi connectivity index (χ1v) is 4.66. The summed E-state index contributed by atoms with van der Waals surface area (Å²) < 4.78 is 4.87. The van der Waals surface area contributed by atoms with Crippen molar-refractivity contribution >= 4 is 18.0 Å². The Morgan fingerprint density at radius 1 is 1.12 bits per heavy atom. The highest BCUT2D eigenvalue weighted by atomic mass is 16.6. The fourth-order valence-corrected chi connectivity index (χ4v) is 0.722. The Balaban J connectivity index is 3.76. The van der Waals surface area contributed by atoms with Crippen LogP contribution in [0.15, 0.2) is 0 Å². The fourth-order valence-electron chi connectivity index (χ4n) is 0.722. The lowest BCUT2D eigenvalue weighted by atomic mass is 10.2. The van der Waals surface area contributed by atoms with Crippen LogP contribution in [0.4, 0.5) is 9.59 Å². The van der Waals surface area contributed by atoms with Gasteiger partial charge in [-0.1, -0.05) is 0 Å². The van der Waals surface area contributed by atoms with Crippen LogP contribution in [0.5, 0.6) is 0 Å². The molecule has 16 heavy (non-hydrogen) atoms. The van der Waals surface area contributed by atoms with Crippen LogP contribution in [0.1, 0.15) is 20.8 Å². The largest absolute Gasteiger partial charge is 0.465 e.